The zero-order chi connectivity index (χ0) is 14.5. The van der Waals surface area contributed by atoms with Crippen LogP contribution in [0.2, 0.25) is 0 Å². The fourth-order valence-electron chi connectivity index (χ4n) is 1.74. The standard InChI is InChI=1S/C14H13ClN2O3/c1-10-3-2-4-12(16-10)9-20-14-7-11(8-15)5-6-13(14)17(18)19/h2-7H,8-9H2,1H3. The maximum absolute atomic E-state index is 11.0. The van der Waals surface area contributed by atoms with Crippen LogP contribution in [0.25, 0.3) is 0 Å². The molecule has 0 amide bonds. The first-order valence-electron chi connectivity index (χ1n) is 5.99. The van der Waals surface area contributed by atoms with E-state index in [-0.39, 0.29) is 23.9 Å². The van der Waals surface area contributed by atoms with Crippen LogP contribution >= 0.6 is 11.6 Å². The molecule has 0 fully saturated rings. The molecule has 1 aromatic carbocycles. The number of nitrogens with zero attached hydrogens (tertiary/aromatic N) is 2. The third-order valence-electron chi connectivity index (χ3n) is 2.70. The summed E-state index contributed by atoms with van der Waals surface area (Å²) in [6.07, 6.45) is 0. The van der Waals surface area contributed by atoms with Gasteiger partial charge in [0.15, 0.2) is 5.75 Å². The van der Waals surface area contributed by atoms with Gasteiger partial charge in [0, 0.05) is 17.6 Å². The highest BCUT2D eigenvalue weighted by molar-refractivity contribution is 6.17. The number of aromatic nitrogens is 1. The van der Waals surface area contributed by atoms with Gasteiger partial charge in [-0.15, -0.1) is 11.6 Å². The molecule has 0 aliphatic heterocycles. The van der Waals surface area contributed by atoms with Gasteiger partial charge in [-0.3, -0.25) is 15.1 Å². The maximum atomic E-state index is 11.0. The molecule has 1 aromatic heterocycles. The molecule has 0 saturated carbocycles. The zero-order valence-electron chi connectivity index (χ0n) is 10.9. The summed E-state index contributed by atoms with van der Waals surface area (Å²) >= 11 is 5.73. The molecule has 0 atom stereocenters. The number of pyridine rings is 1. The Labute approximate surface area is 121 Å². The average Bonchev–Trinajstić information content (AvgIpc) is 2.44. The van der Waals surface area contributed by atoms with E-state index in [2.05, 4.69) is 4.98 Å². The van der Waals surface area contributed by atoms with Crippen molar-refractivity contribution in [2.45, 2.75) is 19.4 Å². The minimum Gasteiger partial charge on any atom is -0.480 e. The molecule has 0 unspecified atom stereocenters. The Morgan fingerprint density at radius 3 is 2.80 bits per heavy atom. The van der Waals surface area contributed by atoms with Crippen molar-refractivity contribution in [1.82, 2.24) is 4.98 Å². The quantitative estimate of drug-likeness (QED) is 0.479. The molecule has 0 radical (unpaired) electrons. The molecule has 0 N–H and O–H groups in total. The number of rotatable bonds is 5. The Hall–Kier alpha value is -2.14. The number of hydrogen-bond donors (Lipinski definition) is 0. The van der Waals surface area contributed by atoms with Crippen molar-refractivity contribution >= 4 is 17.3 Å². The van der Waals surface area contributed by atoms with Crippen molar-refractivity contribution in [1.29, 1.82) is 0 Å². The molecular formula is C14H13ClN2O3. The van der Waals surface area contributed by atoms with Gasteiger partial charge in [-0.2, -0.15) is 0 Å². The molecule has 2 rings (SSSR count). The predicted octanol–water partition coefficient (Wildman–Crippen LogP) is 3.62. The number of aryl methyl sites for hydroxylation is 1. The molecule has 0 spiro atoms. The number of hydrogen-bond acceptors (Lipinski definition) is 4. The number of ether oxygens (including phenoxy) is 1. The summed E-state index contributed by atoms with van der Waals surface area (Å²) in [6.45, 7) is 2.05. The lowest BCUT2D eigenvalue weighted by Crippen LogP contribution is -2.02. The van der Waals surface area contributed by atoms with Gasteiger partial charge in [-0.1, -0.05) is 12.1 Å². The minimum absolute atomic E-state index is 0.0773. The van der Waals surface area contributed by atoms with Crippen LogP contribution in [0.3, 0.4) is 0 Å². The molecule has 1 heterocycles. The molecule has 5 nitrogen and oxygen atoms in total. The number of nitro benzene ring substituents is 1. The summed E-state index contributed by atoms with van der Waals surface area (Å²) in [5.41, 5.74) is 2.28. The summed E-state index contributed by atoms with van der Waals surface area (Å²) in [5.74, 6) is 0.480. The van der Waals surface area contributed by atoms with E-state index in [1.54, 1.807) is 12.1 Å². The maximum Gasteiger partial charge on any atom is 0.310 e. The Morgan fingerprint density at radius 2 is 2.15 bits per heavy atom. The monoisotopic (exact) mass is 292 g/mol. The van der Waals surface area contributed by atoms with E-state index in [1.807, 2.05) is 25.1 Å². The van der Waals surface area contributed by atoms with Crippen molar-refractivity contribution in [2.24, 2.45) is 0 Å². The minimum atomic E-state index is -0.475. The Bertz CT molecular complexity index is 632. The van der Waals surface area contributed by atoms with Crippen molar-refractivity contribution in [2.75, 3.05) is 0 Å². The van der Waals surface area contributed by atoms with Gasteiger partial charge in [0.1, 0.15) is 6.61 Å². The van der Waals surface area contributed by atoms with Crippen LogP contribution in [-0.4, -0.2) is 9.91 Å². The van der Waals surface area contributed by atoms with Crippen molar-refractivity contribution < 1.29 is 9.66 Å². The summed E-state index contributed by atoms with van der Waals surface area (Å²) in [5, 5.41) is 11.0. The first-order valence-corrected chi connectivity index (χ1v) is 6.52. The fraction of sp³-hybridized carbons (Fsp3) is 0.214. The third-order valence-corrected chi connectivity index (χ3v) is 3.01. The van der Waals surface area contributed by atoms with Crippen molar-refractivity contribution in [3.8, 4) is 5.75 Å². The van der Waals surface area contributed by atoms with Crippen molar-refractivity contribution in [3.63, 3.8) is 0 Å². The second kappa shape index (κ2) is 6.34. The molecule has 6 heteroatoms. The van der Waals surface area contributed by atoms with E-state index in [9.17, 15) is 10.1 Å². The van der Waals surface area contributed by atoms with Gasteiger partial charge in [0.25, 0.3) is 0 Å². The van der Waals surface area contributed by atoms with Gasteiger partial charge >= 0.3 is 5.69 Å². The van der Waals surface area contributed by atoms with E-state index in [4.69, 9.17) is 16.3 Å². The second-order valence-corrected chi connectivity index (χ2v) is 4.52. The smallest absolute Gasteiger partial charge is 0.310 e. The summed E-state index contributed by atoms with van der Waals surface area (Å²) in [7, 11) is 0. The number of benzene rings is 1. The second-order valence-electron chi connectivity index (χ2n) is 4.25. The number of alkyl halides is 1. The highest BCUT2D eigenvalue weighted by Gasteiger charge is 2.15. The van der Waals surface area contributed by atoms with E-state index in [1.165, 1.54) is 6.07 Å². The Kier molecular flexibility index (Phi) is 4.53. The average molecular weight is 293 g/mol. The van der Waals surface area contributed by atoms with Gasteiger partial charge in [0.05, 0.1) is 10.6 Å². The van der Waals surface area contributed by atoms with E-state index >= 15 is 0 Å². The third kappa shape index (κ3) is 3.45. The van der Waals surface area contributed by atoms with Crippen LogP contribution in [0.5, 0.6) is 5.75 Å². The van der Waals surface area contributed by atoms with Crippen LogP contribution in [0.4, 0.5) is 5.69 Å². The number of nitro groups is 1. The largest absolute Gasteiger partial charge is 0.480 e. The SMILES string of the molecule is Cc1cccc(COc2cc(CCl)ccc2[N+](=O)[O-])n1. The first kappa shape index (κ1) is 14.3. The van der Waals surface area contributed by atoms with Gasteiger partial charge < -0.3 is 4.74 Å². The summed E-state index contributed by atoms with van der Waals surface area (Å²) < 4.78 is 5.52. The molecule has 2 aromatic rings. The van der Waals surface area contributed by atoms with Crippen molar-refractivity contribution in [3.05, 3.63) is 63.5 Å². The lowest BCUT2D eigenvalue weighted by molar-refractivity contribution is -0.386. The molecule has 0 bridgehead atoms. The normalized spacial score (nSPS) is 10.3. The molecule has 0 aliphatic rings. The highest BCUT2D eigenvalue weighted by Crippen LogP contribution is 2.29. The van der Waals surface area contributed by atoms with E-state index < -0.39 is 4.92 Å². The molecule has 0 aliphatic carbocycles. The Morgan fingerprint density at radius 1 is 1.35 bits per heavy atom. The summed E-state index contributed by atoms with van der Waals surface area (Å²) in [6, 6.07) is 10.1. The van der Waals surface area contributed by atoms with Crippen LogP contribution in [0.1, 0.15) is 17.0 Å². The van der Waals surface area contributed by atoms with Gasteiger partial charge in [-0.05, 0) is 30.7 Å². The van der Waals surface area contributed by atoms with Crippen LogP contribution in [0.15, 0.2) is 36.4 Å². The topological polar surface area (TPSA) is 65.3 Å². The lowest BCUT2D eigenvalue weighted by atomic mass is 10.2. The summed E-state index contributed by atoms with van der Waals surface area (Å²) in [4.78, 5) is 14.8. The first-order chi connectivity index (χ1) is 9.60. The number of halogens is 1. The fourth-order valence-corrected chi connectivity index (χ4v) is 1.91. The molecule has 20 heavy (non-hydrogen) atoms. The molecule has 104 valence electrons. The van der Waals surface area contributed by atoms with E-state index in [0.717, 1.165) is 17.0 Å². The van der Waals surface area contributed by atoms with Crippen LogP contribution in [0, 0.1) is 17.0 Å². The van der Waals surface area contributed by atoms with Gasteiger partial charge in [-0.25, -0.2) is 0 Å². The van der Waals surface area contributed by atoms with Crippen LogP contribution < -0.4 is 4.74 Å². The van der Waals surface area contributed by atoms with E-state index in [0.29, 0.717) is 0 Å². The zero-order valence-corrected chi connectivity index (χ0v) is 11.6. The molecular weight excluding hydrogens is 280 g/mol. The molecule has 0 saturated heterocycles. The highest BCUT2D eigenvalue weighted by atomic mass is 35.5. The van der Waals surface area contributed by atoms with Crippen LogP contribution in [-0.2, 0) is 12.5 Å². The Balaban J connectivity index is 2.21. The van der Waals surface area contributed by atoms with Gasteiger partial charge in [0.2, 0.25) is 0 Å². The predicted molar refractivity (Wildman–Crippen MR) is 76.0 cm³/mol. The lowest BCUT2D eigenvalue weighted by Gasteiger charge is -2.08.